The van der Waals surface area contributed by atoms with Gasteiger partial charge in [0.2, 0.25) is 5.91 Å². The first-order valence-corrected chi connectivity index (χ1v) is 6.41. The van der Waals surface area contributed by atoms with Crippen molar-refractivity contribution >= 4 is 23.3 Å². The molecular formula is C15H14FN3O2. The van der Waals surface area contributed by atoms with Gasteiger partial charge in [-0.1, -0.05) is 6.92 Å². The summed E-state index contributed by atoms with van der Waals surface area (Å²) in [5.74, 6) is -0.549. The maximum absolute atomic E-state index is 12.8. The van der Waals surface area contributed by atoms with Crippen LogP contribution in [0.3, 0.4) is 0 Å². The van der Waals surface area contributed by atoms with E-state index in [1.807, 2.05) is 0 Å². The fourth-order valence-electron chi connectivity index (χ4n) is 1.58. The molecule has 0 fully saturated rings. The van der Waals surface area contributed by atoms with Crippen molar-refractivity contribution in [2.75, 3.05) is 10.6 Å². The second-order valence-electron chi connectivity index (χ2n) is 4.29. The molecule has 2 N–H and O–H groups in total. The lowest BCUT2D eigenvalue weighted by Crippen LogP contribution is -2.13. The van der Waals surface area contributed by atoms with Crippen molar-refractivity contribution in [2.45, 2.75) is 13.3 Å². The lowest BCUT2D eigenvalue weighted by Gasteiger charge is -2.06. The van der Waals surface area contributed by atoms with Crippen LogP contribution in [-0.2, 0) is 4.79 Å². The Morgan fingerprint density at radius 2 is 1.81 bits per heavy atom. The maximum atomic E-state index is 12.8. The van der Waals surface area contributed by atoms with Crippen LogP contribution in [0.15, 0.2) is 42.6 Å². The third-order valence-corrected chi connectivity index (χ3v) is 2.72. The molecule has 0 saturated heterocycles. The largest absolute Gasteiger partial charge is 0.325 e. The molecule has 0 saturated carbocycles. The Kier molecular flexibility index (Phi) is 4.61. The van der Waals surface area contributed by atoms with Gasteiger partial charge >= 0.3 is 0 Å². The highest BCUT2D eigenvalue weighted by Crippen LogP contribution is 2.11. The molecule has 0 aliphatic rings. The summed E-state index contributed by atoms with van der Waals surface area (Å²) in [5, 5.41) is 5.24. The highest BCUT2D eigenvalue weighted by Gasteiger charge is 2.07. The predicted octanol–water partition coefficient (Wildman–Crippen LogP) is 2.82. The van der Waals surface area contributed by atoms with E-state index in [0.717, 1.165) is 0 Å². The van der Waals surface area contributed by atoms with Crippen LogP contribution in [0.1, 0.15) is 23.7 Å². The van der Waals surface area contributed by atoms with Gasteiger partial charge in [0, 0.05) is 12.0 Å². The van der Waals surface area contributed by atoms with E-state index < -0.39 is 5.82 Å². The molecule has 1 aromatic carbocycles. The fourth-order valence-corrected chi connectivity index (χ4v) is 1.58. The number of carbonyl (C=O) groups is 2. The van der Waals surface area contributed by atoms with E-state index in [1.54, 1.807) is 19.1 Å². The number of benzene rings is 1. The third kappa shape index (κ3) is 4.10. The normalized spacial score (nSPS) is 10.0. The van der Waals surface area contributed by atoms with Crippen LogP contribution in [0, 0.1) is 5.82 Å². The van der Waals surface area contributed by atoms with Gasteiger partial charge in [0.1, 0.15) is 11.6 Å². The average molecular weight is 287 g/mol. The Hall–Kier alpha value is -2.76. The van der Waals surface area contributed by atoms with Gasteiger partial charge in [0.05, 0.1) is 11.9 Å². The summed E-state index contributed by atoms with van der Waals surface area (Å²) in [4.78, 5) is 27.1. The first kappa shape index (κ1) is 14.6. The standard InChI is InChI=1S/C15H14FN3O2/c1-2-14(20)18-12-7-8-13(17-9-12)19-15(21)10-3-5-11(16)6-4-10/h3-9H,2H2,1H3,(H,18,20)(H,17,19,21). The molecule has 1 heterocycles. The number of anilines is 2. The molecule has 0 atom stereocenters. The number of nitrogens with one attached hydrogen (secondary N) is 2. The minimum Gasteiger partial charge on any atom is -0.325 e. The van der Waals surface area contributed by atoms with E-state index in [9.17, 15) is 14.0 Å². The number of aromatic nitrogens is 1. The quantitative estimate of drug-likeness (QED) is 0.908. The number of pyridine rings is 1. The van der Waals surface area contributed by atoms with Crippen molar-refractivity contribution < 1.29 is 14.0 Å². The van der Waals surface area contributed by atoms with Crippen molar-refractivity contribution in [1.29, 1.82) is 0 Å². The van der Waals surface area contributed by atoms with Gasteiger partial charge in [-0.05, 0) is 36.4 Å². The number of hydrogen-bond donors (Lipinski definition) is 2. The van der Waals surface area contributed by atoms with Gasteiger partial charge in [-0.25, -0.2) is 9.37 Å². The van der Waals surface area contributed by atoms with E-state index in [1.165, 1.54) is 30.5 Å². The molecule has 2 aromatic rings. The molecule has 2 rings (SSSR count). The maximum Gasteiger partial charge on any atom is 0.256 e. The molecule has 108 valence electrons. The zero-order valence-electron chi connectivity index (χ0n) is 11.4. The molecule has 0 bridgehead atoms. The first-order chi connectivity index (χ1) is 10.1. The number of carbonyl (C=O) groups excluding carboxylic acids is 2. The molecule has 0 spiro atoms. The van der Waals surface area contributed by atoms with Crippen LogP contribution in [0.5, 0.6) is 0 Å². The summed E-state index contributed by atoms with van der Waals surface area (Å²) < 4.78 is 12.8. The van der Waals surface area contributed by atoms with Crippen LogP contribution < -0.4 is 10.6 Å². The summed E-state index contributed by atoms with van der Waals surface area (Å²) in [7, 11) is 0. The summed E-state index contributed by atoms with van der Waals surface area (Å²) >= 11 is 0. The van der Waals surface area contributed by atoms with Gasteiger partial charge in [0.25, 0.3) is 5.91 Å². The third-order valence-electron chi connectivity index (χ3n) is 2.72. The molecule has 0 aliphatic heterocycles. The van der Waals surface area contributed by atoms with Gasteiger partial charge in [0.15, 0.2) is 0 Å². The van der Waals surface area contributed by atoms with Gasteiger partial charge < -0.3 is 10.6 Å². The highest BCUT2D eigenvalue weighted by atomic mass is 19.1. The monoisotopic (exact) mass is 287 g/mol. The van der Waals surface area contributed by atoms with Crippen LogP contribution >= 0.6 is 0 Å². The SMILES string of the molecule is CCC(=O)Nc1ccc(NC(=O)c2ccc(F)cc2)nc1. The van der Waals surface area contributed by atoms with E-state index >= 15 is 0 Å². The van der Waals surface area contributed by atoms with E-state index in [2.05, 4.69) is 15.6 Å². The molecule has 0 radical (unpaired) electrons. The number of halogens is 1. The minimum atomic E-state index is -0.402. The predicted molar refractivity (Wildman–Crippen MR) is 77.5 cm³/mol. The number of rotatable bonds is 4. The average Bonchev–Trinajstić information content (AvgIpc) is 2.49. The summed E-state index contributed by atoms with van der Waals surface area (Å²) in [6.07, 6.45) is 1.83. The van der Waals surface area contributed by atoms with Crippen molar-refractivity contribution in [3.8, 4) is 0 Å². The van der Waals surface area contributed by atoms with Crippen LogP contribution in [0.2, 0.25) is 0 Å². The molecule has 2 amide bonds. The first-order valence-electron chi connectivity index (χ1n) is 6.41. The molecule has 0 aliphatic carbocycles. The zero-order valence-corrected chi connectivity index (χ0v) is 11.4. The van der Waals surface area contributed by atoms with Crippen molar-refractivity contribution in [3.63, 3.8) is 0 Å². The highest BCUT2D eigenvalue weighted by molar-refractivity contribution is 6.03. The number of hydrogen-bond acceptors (Lipinski definition) is 3. The van der Waals surface area contributed by atoms with Gasteiger partial charge in [-0.2, -0.15) is 0 Å². The summed E-state index contributed by atoms with van der Waals surface area (Å²) in [6, 6.07) is 8.42. The minimum absolute atomic E-state index is 0.111. The molecule has 5 nitrogen and oxygen atoms in total. The van der Waals surface area contributed by atoms with Crippen LogP contribution in [0.25, 0.3) is 0 Å². The van der Waals surface area contributed by atoms with Crippen molar-refractivity contribution in [1.82, 2.24) is 4.98 Å². The Morgan fingerprint density at radius 3 is 2.38 bits per heavy atom. The Bertz CT molecular complexity index is 639. The number of nitrogens with zero attached hydrogens (tertiary/aromatic N) is 1. The lowest BCUT2D eigenvalue weighted by molar-refractivity contribution is -0.115. The molecular weight excluding hydrogens is 273 g/mol. The summed E-state index contributed by atoms with van der Waals surface area (Å²) in [5.41, 5.74) is 0.892. The zero-order chi connectivity index (χ0) is 15.2. The van der Waals surface area contributed by atoms with Crippen molar-refractivity contribution in [3.05, 3.63) is 54.0 Å². The van der Waals surface area contributed by atoms with E-state index in [0.29, 0.717) is 23.5 Å². The smallest absolute Gasteiger partial charge is 0.256 e. The van der Waals surface area contributed by atoms with Crippen LogP contribution in [0.4, 0.5) is 15.9 Å². The second-order valence-corrected chi connectivity index (χ2v) is 4.29. The van der Waals surface area contributed by atoms with Crippen LogP contribution in [-0.4, -0.2) is 16.8 Å². The molecule has 6 heteroatoms. The Labute approximate surface area is 121 Å². The molecule has 1 aromatic heterocycles. The molecule has 0 unspecified atom stereocenters. The Morgan fingerprint density at radius 1 is 1.10 bits per heavy atom. The topological polar surface area (TPSA) is 71.1 Å². The fraction of sp³-hybridized carbons (Fsp3) is 0.133. The van der Waals surface area contributed by atoms with E-state index in [-0.39, 0.29) is 11.8 Å². The summed E-state index contributed by atoms with van der Waals surface area (Å²) in [6.45, 7) is 1.75. The Balaban J connectivity index is 2.01. The second kappa shape index (κ2) is 6.60. The van der Waals surface area contributed by atoms with E-state index in [4.69, 9.17) is 0 Å². The van der Waals surface area contributed by atoms with Gasteiger partial charge in [-0.3, -0.25) is 9.59 Å². The molecule has 21 heavy (non-hydrogen) atoms. The lowest BCUT2D eigenvalue weighted by atomic mass is 10.2. The number of amides is 2. The van der Waals surface area contributed by atoms with Crippen molar-refractivity contribution in [2.24, 2.45) is 0 Å². The van der Waals surface area contributed by atoms with Gasteiger partial charge in [-0.15, -0.1) is 0 Å².